The Morgan fingerprint density at radius 1 is 0.864 bits per heavy atom. The largest absolute Gasteiger partial charge is 0.435 e. The predicted molar refractivity (Wildman–Crippen MR) is 153 cm³/mol. The molecule has 0 bridgehead atoms. The molecule has 0 unspecified atom stereocenters. The van der Waals surface area contributed by atoms with Gasteiger partial charge in [0.25, 0.3) is 5.91 Å². The van der Waals surface area contributed by atoms with Gasteiger partial charge in [0.1, 0.15) is 6.33 Å². The van der Waals surface area contributed by atoms with Crippen molar-refractivity contribution < 1.29 is 31.1 Å². The van der Waals surface area contributed by atoms with Gasteiger partial charge in [0, 0.05) is 11.3 Å². The first-order valence-electron chi connectivity index (χ1n) is 12.5. The molecule has 3 aromatic carbocycles. The van der Waals surface area contributed by atoms with Crippen molar-refractivity contribution >= 4 is 44.7 Å². The highest BCUT2D eigenvalue weighted by atomic mass is 35.5. The van der Waals surface area contributed by atoms with Crippen LogP contribution in [0.5, 0.6) is 0 Å². The van der Waals surface area contributed by atoms with Crippen LogP contribution in [0.15, 0.2) is 84.5 Å². The van der Waals surface area contributed by atoms with Crippen molar-refractivity contribution in [1.82, 2.24) is 25.0 Å². The zero-order valence-corrected chi connectivity index (χ0v) is 23.4. The summed E-state index contributed by atoms with van der Waals surface area (Å²) in [6.07, 6.45) is -8.61. The number of hydrogen-bond donors (Lipinski definition) is 1. The second-order valence-electron chi connectivity index (χ2n) is 9.29. The van der Waals surface area contributed by atoms with Gasteiger partial charge in [-0.15, -0.1) is 16.4 Å². The number of amides is 1. The van der Waals surface area contributed by atoms with E-state index in [0.717, 1.165) is 38.7 Å². The van der Waals surface area contributed by atoms with Gasteiger partial charge in [0.15, 0.2) is 11.4 Å². The highest BCUT2D eigenvalue weighted by Crippen LogP contribution is 2.39. The summed E-state index contributed by atoms with van der Waals surface area (Å²) >= 11 is 7.43. The monoisotopic (exact) mass is 644 g/mol. The summed E-state index contributed by atoms with van der Waals surface area (Å²) in [6.45, 7) is 0. The van der Waals surface area contributed by atoms with Gasteiger partial charge in [0.05, 0.1) is 32.2 Å². The number of nitrogens with zero attached hydrogens (tertiary/aromatic N) is 5. The topological polar surface area (TPSA) is 85.6 Å². The molecule has 0 spiro atoms. The molecule has 0 radical (unpaired) electrons. The van der Waals surface area contributed by atoms with Gasteiger partial charge in [0.2, 0.25) is 0 Å². The first-order chi connectivity index (χ1) is 20.9. The first kappa shape index (κ1) is 29.3. The normalized spacial score (nSPS) is 12.1. The Morgan fingerprint density at radius 2 is 1.59 bits per heavy atom. The molecule has 3 heterocycles. The van der Waals surface area contributed by atoms with E-state index in [1.807, 2.05) is 35.7 Å². The zero-order valence-electron chi connectivity index (χ0n) is 21.8. The number of benzene rings is 3. The van der Waals surface area contributed by atoms with Crippen LogP contribution >= 0.6 is 22.9 Å². The molecule has 1 N–H and O–H groups in total. The van der Waals surface area contributed by atoms with Gasteiger partial charge in [-0.1, -0.05) is 53.2 Å². The summed E-state index contributed by atoms with van der Waals surface area (Å²) in [7, 11) is 0. The second-order valence-corrected chi connectivity index (χ2v) is 10.6. The molecular weight excluding hydrogens is 630 g/mol. The lowest BCUT2D eigenvalue weighted by Crippen LogP contribution is -2.21. The first-order valence-corrected chi connectivity index (χ1v) is 13.8. The van der Waals surface area contributed by atoms with Crippen molar-refractivity contribution in [2.75, 3.05) is 5.32 Å². The zero-order chi connectivity index (χ0) is 31.2. The van der Waals surface area contributed by atoms with Crippen molar-refractivity contribution in [3.63, 3.8) is 0 Å². The van der Waals surface area contributed by atoms with E-state index in [9.17, 15) is 31.1 Å². The molecule has 0 aliphatic carbocycles. The van der Waals surface area contributed by atoms with Gasteiger partial charge in [-0.3, -0.25) is 4.79 Å². The fourth-order valence-corrected chi connectivity index (χ4v) is 5.60. The summed E-state index contributed by atoms with van der Waals surface area (Å²) in [5.41, 5.74) is -0.769. The molecule has 15 heteroatoms. The summed E-state index contributed by atoms with van der Waals surface area (Å²) in [6, 6.07) is 17.5. The lowest BCUT2D eigenvalue weighted by atomic mass is 9.97. The van der Waals surface area contributed by atoms with Gasteiger partial charge in [-0.2, -0.15) is 26.3 Å². The van der Waals surface area contributed by atoms with E-state index >= 15 is 0 Å². The highest BCUT2D eigenvalue weighted by Gasteiger charge is 2.43. The predicted octanol–water partition coefficient (Wildman–Crippen LogP) is 8.55. The average Bonchev–Trinajstić information content (AvgIpc) is 3.65. The number of fused-ring (bicyclic) bond motifs is 1. The lowest BCUT2D eigenvalue weighted by Gasteiger charge is -2.14. The Morgan fingerprint density at radius 3 is 2.30 bits per heavy atom. The quantitative estimate of drug-likeness (QED) is 0.190. The molecule has 0 atom stereocenters. The highest BCUT2D eigenvalue weighted by molar-refractivity contribution is 7.17. The van der Waals surface area contributed by atoms with Crippen LogP contribution in [0, 0.1) is 0 Å². The molecule has 0 aliphatic rings. The maximum atomic E-state index is 14.1. The maximum Gasteiger partial charge on any atom is 0.435 e. The number of hydrogen-bond acceptors (Lipinski definition) is 6. The van der Waals surface area contributed by atoms with E-state index in [4.69, 9.17) is 11.6 Å². The van der Waals surface area contributed by atoms with Crippen LogP contribution in [0.1, 0.15) is 21.7 Å². The van der Waals surface area contributed by atoms with Gasteiger partial charge in [-0.05, 0) is 52.9 Å². The van der Waals surface area contributed by atoms with E-state index in [1.165, 1.54) is 29.8 Å². The van der Waals surface area contributed by atoms with E-state index in [1.54, 1.807) is 12.1 Å². The number of thiophene rings is 1. The SMILES string of the molecule is O=C(Nc1ccc(-c2ccccc2-c2ncnc3ccsc23)cc1)c1nnn(-c2cc(C(F)(F)F)ccc2Cl)c1C(F)(F)F. The lowest BCUT2D eigenvalue weighted by molar-refractivity contribution is -0.143. The Labute approximate surface area is 252 Å². The second kappa shape index (κ2) is 11.0. The summed E-state index contributed by atoms with van der Waals surface area (Å²) < 4.78 is 83.1. The average molecular weight is 645 g/mol. The maximum absolute atomic E-state index is 14.1. The molecule has 6 aromatic rings. The van der Waals surface area contributed by atoms with Crippen molar-refractivity contribution in [3.05, 3.63) is 106 Å². The van der Waals surface area contributed by atoms with Crippen LogP contribution in [-0.4, -0.2) is 30.9 Å². The summed E-state index contributed by atoms with van der Waals surface area (Å²) in [4.78, 5) is 21.7. The summed E-state index contributed by atoms with van der Waals surface area (Å²) in [5.74, 6) is -1.28. The van der Waals surface area contributed by atoms with Gasteiger partial charge < -0.3 is 5.32 Å². The minimum absolute atomic E-state index is 0.0736. The number of aromatic nitrogens is 5. The molecular formula is C29H15ClF6N6OS. The van der Waals surface area contributed by atoms with Crippen LogP contribution < -0.4 is 5.32 Å². The Kier molecular flexibility index (Phi) is 7.33. The Balaban J connectivity index is 1.31. The van der Waals surface area contributed by atoms with Gasteiger partial charge >= 0.3 is 12.4 Å². The van der Waals surface area contributed by atoms with E-state index in [-0.39, 0.29) is 10.4 Å². The Hall–Kier alpha value is -4.82. The van der Waals surface area contributed by atoms with Crippen LogP contribution in [0.3, 0.4) is 0 Å². The number of halogens is 7. The summed E-state index contributed by atoms with van der Waals surface area (Å²) in [5, 5.41) is 10.5. The van der Waals surface area contributed by atoms with E-state index < -0.39 is 45.9 Å². The van der Waals surface area contributed by atoms with Crippen molar-refractivity contribution in [1.29, 1.82) is 0 Å². The van der Waals surface area contributed by atoms with Crippen LogP contribution in [0.25, 0.3) is 38.3 Å². The number of carbonyl (C=O) groups is 1. The molecule has 0 saturated carbocycles. The molecule has 0 aliphatic heterocycles. The van der Waals surface area contributed by atoms with Crippen LogP contribution in [0.2, 0.25) is 5.02 Å². The molecule has 3 aromatic heterocycles. The van der Waals surface area contributed by atoms with E-state index in [0.29, 0.717) is 12.1 Å². The number of nitrogens with one attached hydrogen (secondary N) is 1. The molecule has 6 rings (SSSR count). The fourth-order valence-electron chi connectivity index (χ4n) is 4.55. The molecule has 7 nitrogen and oxygen atoms in total. The van der Waals surface area contributed by atoms with Crippen molar-refractivity contribution in [2.24, 2.45) is 0 Å². The molecule has 1 amide bonds. The van der Waals surface area contributed by atoms with Crippen molar-refractivity contribution in [2.45, 2.75) is 12.4 Å². The van der Waals surface area contributed by atoms with Crippen molar-refractivity contribution in [3.8, 4) is 28.1 Å². The van der Waals surface area contributed by atoms with Gasteiger partial charge in [-0.25, -0.2) is 14.6 Å². The fraction of sp³-hybridized carbons (Fsp3) is 0.0690. The number of carbonyl (C=O) groups excluding carboxylic acids is 1. The molecule has 0 fully saturated rings. The standard InChI is InChI=1S/C29H15ClF6N6OS/c30-20-10-7-16(28(31,32)33)13-22(20)42-26(29(34,35)36)24(40-41-42)27(43)39-17-8-5-15(6-9-17)18-3-1-2-4-19(18)23-25-21(11-12-44-25)37-14-38-23/h1-14H,(H,39,43). The third kappa shape index (κ3) is 5.49. The minimum atomic E-state index is -5.23. The minimum Gasteiger partial charge on any atom is -0.321 e. The van der Waals surface area contributed by atoms with E-state index in [2.05, 4.69) is 25.6 Å². The third-order valence-corrected chi connectivity index (χ3v) is 7.76. The smallest absolute Gasteiger partial charge is 0.321 e. The molecule has 44 heavy (non-hydrogen) atoms. The Bertz CT molecular complexity index is 2020. The number of rotatable bonds is 5. The van der Waals surface area contributed by atoms with Crippen LogP contribution in [0.4, 0.5) is 32.0 Å². The number of alkyl halides is 6. The molecule has 0 saturated heterocycles. The molecule has 222 valence electrons. The number of anilines is 1. The van der Waals surface area contributed by atoms with Crippen LogP contribution in [-0.2, 0) is 12.4 Å². The third-order valence-electron chi connectivity index (χ3n) is 6.53.